The first-order valence-electron chi connectivity index (χ1n) is 12.2. The molecule has 2 aliphatic rings. The molecule has 0 atom stereocenters. The van der Waals surface area contributed by atoms with E-state index in [4.69, 9.17) is 0 Å². The van der Waals surface area contributed by atoms with Gasteiger partial charge in [-0.15, -0.1) is 24.8 Å². The normalized spacial score (nSPS) is 16.3. The molecule has 2 amide bonds. The summed E-state index contributed by atoms with van der Waals surface area (Å²) in [6.07, 6.45) is 4.40. The van der Waals surface area contributed by atoms with Crippen LogP contribution in [0, 0.1) is 11.8 Å². The Morgan fingerprint density at radius 2 is 1.03 bits per heavy atom. The number of piperidine rings is 2. The SMILES string of the molecule is Cl.Cl.O=C(NCC1CCNCC1)c1ccccc1SSc1ccccc1C(=O)NCC1CCNCC1. The molecule has 2 fully saturated rings. The molecule has 0 unspecified atom stereocenters. The Morgan fingerprint density at radius 1 is 0.667 bits per heavy atom. The third-order valence-corrected chi connectivity index (χ3v) is 8.99. The number of halogens is 2. The van der Waals surface area contributed by atoms with E-state index in [1.54, 1.807) is 0 Å². The Balaban J connectivity index is 0.00000228. The van der Waals surface area contributed by atoms with Crippen LogP contribution >= 0.6 is 46.4 Å². The second kappa shape index (κ2) is 16.4. The van der Waals surface area contributed by atoms with Gasteiger partial charge in [-0.25, -0.2) is 0 Å². The number of hydrogen-bond donors (Lipinski definition) is 4. The summed E-state index contributed by atoms with van der Waals surface area (Å²) in [5.41, 5.74) is 1.36. The van der Waals surface area contributed by atoms with Gasteiger partial charge in [-0.1, -0.05) is 45.9 Å². The molecule has 0 aromatic heterocycles. The minimum atomic E-state index is -0.0322. The van der Waals surface area contributed by atoms with Crippen molar-refractivity contribution in [3.05, 3.63) is 59.7 Å². The largest absolute Gasteiger partial charge is 0.352 e. The molecule has 0 saturated carbocycles. The van der Waals surface area contributed by atoms with Gasteiger partial charge in [0.1, 0.15) is 0 Å². The topological polar surface area (TPSA) is 82.3 Å². The zero-order valence-electron chi connectivity index (χ0n) is 20.3. The minimum absolute atomic E-state index is 0. The summed E-state index contributed by atoms with van der Waals surface area (Å²) in [6, 6.07) is 15.4. The summed E-state index contributed by atoms with van der Waals surface area (Å²) in [6.45, 7) is 5.52. The van der Waals surface area contributed by atoms with Crippen LogP contribution in [-0.4, -0.2) is 51.1 Å². The molecule has 0 spiro atoms. The fourth-order valence-electron chi connectivity index (χ4n) is 4.38. The molecule has 4 N–H and O–H groups in total. The van der Waals surface area contributed by atoms with Crippen molar-refractivity contribution < 1.29 is 9.59 Å². The van der Waals surface area contributed by atoms with E-state index in [1.165, 1.54) is 21.6 Å². The standard InChI is InChI=1S/C26H34N4O2S2.2ClH/c31-25(29-17-19-9-13-27-14-10-19)21-5-1-3-7-23(21)33-34-24-8-4-2-6-22(24)26(32)30-18-20-11-15-28-16-12-20;;/h1-8,19-20,27-28H,9-18H2,(H,29,31)(H,30,32);2*1H. The van der Waals surface area contributed by atoms with Crippen molar-refractivity contribution in [2.24, 2.45) is 11.8 Å². The van der Waals surface area contributed by atoms with E-state index in [0.717, 1.165) is 61.7 Å². The maximum absolute atomic E-state index is 12.9. The van der Waals surface area contributed by atoms with Gasteiger partial charge < -0.3 is 21.3 Å². The smallest absolute Gasteiger partial charge is 0.252 e. The lowest BCUT2D eigenvalue weighted by Gasteiger charge is -2.23. The second-order valence-electron chi connectivity index (χ2n) is 8.97. The van der Waals surface area contributed by atoms with Crippen LogP contribution in [0.2, 0.25) is 0 Å². The lowest BCUT2D eigenvalue weighted by Crippen LogP contribution is -2.36. The molecular formula is C26H36Cl2N4O2S2. The molecule has 6 nitrogen and oxygen atoms in total. The maximum Gasteiger partial charge on any atom is 0.252 e. The molecule has 2 saturated heterocycles. The molecule has 36 heavy (non-hydrogen) atoms. The third-order valence-electron chi connectivity index (χ3n) is 6.50. The molecule has 10 heteroatoms. The van der Waals surface area contributed by atoms with Crippen molar-refractivity contribution in [1.82, 2.24) is 21.3 Å². The Bertz CT molecular complexity index is 893. The first-order valence-corrected chi connectivity index (χ1v) is 14.4. The van der Waals surface area contributed by atoms with Crippen LogP contribution in [0.15, 0.2) is 58.3 Å². The lowest BCUT2D eigenvalue weighted by molar-refractivity contribution is 0.0933. The molecule has 2 aromatic carbocycles. The van der Waals surface area contributed by atoms with Crippen LogP contribution in [0.4, 0.5) is 0 Å². The Morgan fingerprint density at radius 3 is 1.42 bits per heavy atom. The number of hydrogen-bond acceptors (Lipinski definition) is 6. The first-order chi connectivity index (χ1) is 16.7. The van der Waals surface area contributed by atoms with E-state index in [1.807, 2.05) is 48.5 Å². The van der Waals surface area contributed by atoms with E-state index >= 15 is 0 Å². The van der Waals surface area contributed by atoms with Crippen LogP contribution in [0.1, 0.15) is 46.4 Å². The average molecular weight is 572 g/mol. The van der Waals surface area contributed by atoms with Gasteiger partial charge in [-0.3, -0.25) is 9.59 Å². The van der Waals surface area contributed by atoms with Gasteiger partial charge in [0.2, 0.25) is 0 Å². The average Bonchev–Trinajstić information content (AvgIpc) is 2.90. The highest BCUT2D eigenvalue weighted by atomic mass is 35.5. The molecule has 0 bridgehead atoms. The fourth-order valence-corrected chi connectivity index (χ4v) is 6.74. The minimum Gasteiger partial charge on any atom is -0.352 e. The molecule has 2 heterocycles. The second-order valence-corrected chi connectivity index (χ2v) is 11.2. The van der Waals surface area contributed by atoms with Gasteiger partial charge in [-0.05, 0) is 88.0 Å². The van der Waals surface area contributed by atoms with E-state index in [0.29, 0.717) is 36.1 Å². The van der Waals surface area contributed by atoms with Crippen LogP contribution in [0.25, 0.3) is 0 Å². The van der Waals surface area contributed by atoms with Gasteiger partial charge >= 0.3 is 0 Å². The van der Waals surface area contributed by atoms with Gasteiger partial charge in [0, 0.05) is 22.9 Å². The number of carbonyl (C=O) groups excluding carboxylic acids is 2. The van der Waals surface area contributed by atoms with Crippen molar-refractivity contribution in [2.75, 3.05) is 39.3 Å². The number of benzene rings is 2. The highest BCUT2D eigenvalue weighted by Gasteiger charge is 2.19. The predicted molar refractivity (Wildman–Crippen MR) is 155 cm³/mol. The molecular weight excluding hydrogens is 535 g/mol. The monoisotopic (exact) mass is 570 g/mol. The number of nitrogens with one attached hydrogen (secondary N) is 4. The van der Waals surface area contributed by atoms with Crippen LogP contribution < -0.4 is 21.3 Å². The Labute approximate surface area is 234 Å². The summed E-state index contributed by atoms with van der Waals surface area (Å²) in [4.78, 5) is 27.6. The lowest BCUT2D eigenvalue weighted by atomic mass is 9.98. The van der Waals surface area contributed by atoms with Crippen molar-refractivity contribution in [3.63, 3.8) is 0 Å². The number of carbonyl (C=O) groups is 2. The molecule has 2 aromatic rings. The third kappa shape index (κ3) is 9.15. The molecule has 0 radical (unpaired) electrons. The van der Waals surface area contributed by atoms with Crippen LogP contribution in [0.3, 0.4) is 0 Å². The highest BCUT2D eigenvalue weighted by molar-refractivity contribution is 8.76. The van der Waals surface area contributed by atoms with E-state index < -0.39 is 0 Å². The van der Waals surface area contributed by atoms with Gasteiger partial charge in [-0.2, -0.15) is 0 Å². The van der Waals surface area contributed by atoms with Gasteiger partial charge in [0.05, 0.1) is 11.1 Å². The van der Waals surface area contributed by atoms with Crippen molar-refractivity contribution in [2.45, 2.75) is 35.5 Å². The predicted octanol–water partition coefficient (Wildman–Crippen LogP) is 4.79. The number of amides is 2. The zero-order chi connectivity index (χ0) is 23.6. The summed E-state index contributed by atoms with van der Waals surface area (Å²) < 4.78 is 0. The Hall–Kier alpha value is -1.42. The molecule has 2 aliphatic heterocycles. The molecule has 198 valence electrons. The quantitative estimate of drug-likeness (QED) is 0.324. The van der Waals surface area contributed by atoms with Crippen LogP contribution in [0.5, 0.6) is 0 Å². The Kier molecular flexibility index (Phi) is 14.1. The highest BCUT2D eigenvalue weighted by Crippen LogP contribution is 2.40. The molecule has 0 aliphatic carbocycles. The van der Waals surface area contributed by atoms with Gasteiger partial charge in [0.15, 0.2) is 0 Å². The van der Waals surface area contributed by atoms with E-state index in [2.05, 4.69) is 21.3 Å². The van der Waals surface area contributed by atoms with Crippen molar-refractivity contribution >= 4 is 58.2 Å². The van der Waals surface area contributed by atoms with Crippen LogP contribution in [-0.2, 0) is 0 Å². The summed E-state index contributed by atoms with van der Waals surface area (Å²) in [7, 11) is 3.05. The first kappa shape index (κ1) is 30.8. The van der Waals surface area contributed by atoms with Crippen molar-refractivity contribution in [1.29, 1.82) is 0 Å². The van der Waals surface area contributed by atoms with E-state index in [-0.39, 0.29) is 36.6 Å². The van der Waals surface area contributed by atoms with Crippen molar-refractivity contribution in [3.8, 4) is 0 Å². The summed E-state index contributed by atoms with van der Waals surface area (Å²) in [5, 5.41) is 13.0. The summed E-state index contributed by atoms with van der Waals surface area (Å²) >= 11 is 0. The van der Waals surface area contributed by atoms with Gasteiger partial charge in [0.25, 0.3) is 11.8 Å². The maximum atomic E-state index is 12.9. The zero-order valence-corrected chi connectivity index (χ0v) is 23.6. The molecule has 4 rings (SSSR count). The summed E-state index contributed by atoms with van der Waals surface area (Å²) in [5.74, 6) is 1.01. The fraction of sp³-hybridized carbons (Fsp3) is 0.462. The van der Waals surface area contributed by atoms with E-state index in [9.17, 15) is 9.59 Å². The number of rotatable bonds is 9.